The summed E-state index contributed by atoms with van der Waals surface area (Å²) in [5, 5.41) is 0. The number of nitrogens with zero attached hydrogens (tertiary/aromatic N) is 2. The molecule has 1 fully saturated rings. The number of benzene rings is 1. The molecule has 11 heteroatoms. The van der Waals surface area contributed by atoms with Gasteiger partial charge in [0.05, 0.1) is 11.4 Å². The monoisotopic (exact) mass is 521 g/mol. The van der Waals surface area contributed by atoms with E-state index in [1.165, 1.54) is 25.0 Å². The molecule has 0 atom stereocenters. The molecule has 0 unspecified atom stereocenters. The van der Waals surface area contributed by atoms with Crippen molar-refractivity contribution in [1.82, 2.24) is 4.90 Å². The number of likely N-dealkylation sites (tertiary alicyclic amines) is 1. The SMILES string of the molecule is I.NC(=NCCOc1ccc(S(=O)(=O)C(F)(F)F)cc1)N1CCCCCC1. The van der Waals surface area contributed by atoms with Crippen molar-refractivity contribution in [3.8, 4) is 5.75 Å². The maximum atomic E-state index is 12.5. The van der Waals surface area contributed by atoms with Gasteiger partial charge in [-0.1, -0.05) is 12.8 Å². The molecule has 0 amide bonds. The molecule has 6 nitrogen and oxygen atoms in total. The summed E-state index contributed by atoms with van der Waals surface area (Å²) in [7, 11) is -5.34. The molecule has 0 aliphatic carbocycles. The van der Waals surface area contributed by atoms with E-state index in [-0.39, 0.29) is 36.3 Å². The first kappa shape index (κ1) is 23.8. The van der Waals surface area contributed by atoms with Gasteiger partial charge in [0.1, 0.15) is 12.4 Å². The second-order valence-electron chi connectivity index (χ2n) is 5.91. The van der Waals surface area contributed by atoms with E-state index in [1.807, 2.05) is 4.90 Å². The number of guanidine groups is 1. The highest BCUT2D eigenvalue weighted by molar-refractivity contribution is 14.0. The summed E-state index contributed by atoms with van der Waals surface area (Å²) in [6, 6.07) is 4.10. The Morgan fingerprint density at radius 2 is 1.67 bits per heavy atom. The van der Waals surface area contributed by atoms with E-state index in [0.29, 0.717) is 12.5 Å². The zero-order valence-corrected chi connectivity index (χ0v) is 17.8. The zero-order chi connectivity index (χ0) is 19.2. The third-order valence-electron chi connectivity index (χ3n) is 4.00. The number of ether oxygens (including phenoxy) is 1. The number of hydrogen-bond donors (Lipinski definition) is 1. The fraction of sp³-hybridized carbons (Fsp3) is 0.562. The quantitative estimate of drug-likeness (QED) is 0.279. The molecule has 0 aromatic heterocycles. The number of nitrogens with two attached hydrogens (primary N) is 1. The Morgan fingerprint density at radius 3 is 2.19 bits per heavy atom. The van der Waals surface area contributed by atoms with Crippen LogP contribution < -0.4 is 10.5 Å². The molecule has 2 N–H and O–H groups in total. The standard InChI is InChI=1S/C16H22F3N3O3S.HI/c17-16(18,19)26(23,24)14-7-5-13(6-8-14)25-12-9-21-15(20)22-10-3-1-2-4-11-22;/h5-8H,1-4,9-12H2,(H2,20,21);1H. The van der Waals surface area contributed by atoms with Crippen molar-refractivity contribution in [2.24, 2.45) is 10.7 Å². The molecule has 0 bridgehead atoms. The van der Waals surface area contributed by atoms with Gasteiger partial charge in [0.25, 0.3) is 9.84 Å². The van der Waals surface area contributed by atoms with Gasteiger partial charge in [-0.15, -0.1) is 24.0 Å². The third-order valence-corrected chi connectivity index (χ3v) is 5.50. The van der Waals surface area contributed by atoms with Gasteiger partial charge in [0, 0.05) is 13.1 Å². The first-order valence-electron chi connectivity index (χ1n) is 8.31. The lowest BCUT2D eigenvalue weighted by molar-refractivity contribution is -0.0436. The third kappa shape index (κ3) is 6.70. The molecule has 1 heterocycles. The average Bonchev–Trinajstić information content (AvgIpc) is 2.87. The number of sulfone groups is 1. The number of hydrogen-bond acceptors (Lipinski definition) is 4. The molecule has 27 heavy (non-hydrogen) atoms. The fourth-order valence-corrected chi connectivity index (χ4v) is 3.33. The predicted octanol–water partition coefficient (Wildman–Crippen LogP) is 3.17. The van der Waals surface area contributed by atoms with Gasteiger partial charge in [-0.2, -0.15) is 13.2 Å². The van der Waals surface area contributed by atoms with Crippen molar-refractivity contribution >= 4 is 39.8 Å². The molecule has 0 spiro atoms. The molecule has 1 aliphatic rings. The number of aliphatic imine (C=N–C) groups is 1. The Hall–Kier alpha value is -1.24. The number of halogens is 4. The second kappa shape index (κ2) is 10.3. The van der Waals surface area contributed by atoms with Crippen LogP contribution in [0.1, 0.15) is 25.7 Å². The fourth-order valence-electron chi connectivity index (χ4n) is 2.57. The van der Waals surface area contributed by atoms with Crippen LogP contribution in [0.3, 0.4) is 0 Å². The van der Waals surface area contributed by atoms with Crippen LogP contribution >= 0.6 is 24.0 Å². The van der Waals surface area contributed by atoms with Gasteiger partial charge in [0.2, 0.25) is 0 Å². The van der Waals surface area contributed by atoms with Crippen LogP contribution in [0.5, 0.6) is 5.75 Å². The molecule has 1 aromatic carbocycles. The Morgan fingerprint density at radius 1 is 1.11 bits per heavy atom. The van der Waals surface area contributed by atoms with Crippen LogP contribution in [0.15, 0.2) is 34.2 Å². The van der Waals surface area contributed by atoms with E-state index >= 15 is 0 Å². The van der Waals surface area contributed by atoms with Crippen LogP contribution in [0, 0.1) is 0 Å². The van der Waals surface area contributed by atoms with Crippen molar-refractivity contribution in [2.75, 3.05) is 26.2 Å². The van der Waals surface area contributed by atoms with E-state index in [1.54, 1.807) is 0 Å². The van der Waals surface area contributed by atoms with Crippen molar-refractivity contribution < 1.29 is 26.3 Å². The van der Waals surface area contributed by atoms with Gasteiger partial charge in [-0.3, -0.25) is 0 Å². The summed E-state index contributed by atoms with van der Waals surface area (Å²) in [6.45, 7) is 2.24. The first-order valence-corrected chi connectivity index (χ1v) is 9.79. The van der Waals surface area contributed by atoms with Gasteiger partial charge >= 0.3 is 5.51 Å². The Bertz CT molecular complexity index is 717. The van der Waals surface area contributed by atoms with E-state index in [0.717, 1.165) is 38.1 Å². The van der Waals surface area contributed by atoms with Crippen LogP contribution in [-0.2, 0) is 9.84 Å². The van der Waals surface area contributed by atoms with Crippen molar-refractivity contribution in [2.45, 2.75) is 36.1 Å². The molecule has 0 radical (unpaired) electrons. The minimum atomic E-state index is -5.34. The van der Waals surface area contributed by atoms with Crippen LogP contribution in [0.25, 0.3) is 0 Å². The zero-order valence-electron chi connectivity index (χ0n) is 14.6. The van der Waals surface area contributed by atoms with E-state index in [2.05, 4.69) is 4.99 Å². The molecule has 0 saturated carbocycles. The van der Waals surface area contributed by atoms with Crippen molar-refractivity contribution in [3.05, 3.63) is 24.3 Å². The minimum absolute atomic E-state index is 0. The summed E-state index contributed by atoms with van der Waals surface area (Å²) in [5.74, 6) is 0.719. The normalized spacial score (nSPS) is 16.4. The second-order valence-corrected chi connectivity index (χ2v) is 7.85. The summed E-state index contributed by atoms with van der Waals surface area (Å²) in [6.07, 6.45) is 4.54. The first-order chi connectivity index (χ1) is 12.2. The summed E-state index contributed by atoms with van der Waals surface area (Å²) in [4.78, 5) is 5.46. The Kier molecular flexibility index (Phi) is 9.12. The van der Waals surface area contributed by atoms with E-state index in [9.17, 15) is 21.6 Å². The predicted molar refractivity (Wildman–Crippen MR) is 107 cm³/mol. The lowest BCUT2D eigenvalue weighted by atomic mass is 10.2. The number of rotatable bonds is 5. The van der Waals surface area contributed by atoms with Gasteiger partial charge < -0.3 is 15.4 Å². The lowest BCUT2D eigenvalue weighted by Gasteiger charge is -2.21. The topological polar surface area (TPSA) is 85.0 Å². The van der Waals surface area contributed by atoms with Crippen LogP contribution in [0.4, 0.5) is 13.2 Å². The van der Waals surface area contributed by atoms with Crippen LogP contribution in [-0.4, -0.2) is 51.0 Å². The maximum absolute atomic E-state index is 12.5. The highest BCUT2D eigenvalue weighted by Gasteiger charge is 2.46. The van der Waals surface area contributed by atoms with Gasteiger partial charge in [-0.25, -0.2) is 13.4 Å². The minimum Gasteiger partial charge on any atom is -0.492 e. The Balaban J connectivity index is 0.00000364. The van der Waals surface area contributed by atoms with Crippen molar-refractivity contribution in [1.29, 1.82) is 0 Å². The summed E-state index contributed by atoms with van der Waals surface area (Å²) in [5.41, 5.74) is 0.628. The van der Waals surface area contributed by atoms with E-state index in [4.69, 9.17) is 10.5 Å². The highest BCUT2D eigenvalue weighted by Crippen LogP contribution is 2.30. The molecule has 1 aromatic rings. The molecule has 2 rings (SSSR count). The molecule has 154 valence electrons. The molecular weight excluding hydrogens is 498 g/mol. The lowest BCUT2D eigenvalue weighted by Crippen LogP contribution is -2.38. The average molecular weight is 521 g/mol. The largest absolute Gasteiger partial charge is 0.501 e. The molecule has 1 aliphatic heterocycles. The van der Waals surface area contributed by atoms with Gasteiger partial charge in [-0.05, 0) is 37.1 Å². The molecular formula is C16H23F3IN3O3S. The van der Waals surface area contributed by atoms with Crippen molar-refractivity contribution in [3.63, 3.8) is 0 Å². The highest BCUT2D eigenvalue weighted by atomic mass is 127. The number of alkyl halides is 3. The summed E-state index contributed by atoms with van der Waals surface area (Å²) >= 11 is 0. The summed E-state index contributed by atoms with van der Waals surface area (Å²) < 4.78 is 65.3. The Labute approximate surface area is 173 Å². The smallest absolute Gasteiger partial charge is 0.492 e. The maximum Gasteiger partial charge on any atom is 0.501 e. The van der Waals surface area contributed by atoms with E-state index < -0.39 is 20.2 Å². The molecule has 1 saturated heterocycles. The van der Waals surface area contributed by atoms with Crippen LogP contribution in [0.2, 0.25) is 0 Å². The van der Waals surface area contributed by atoms with Gasteiger partial charge in [0.15, 0.2) is 5.96 Å².